The van der Waals surface area contributed by atoms with Crippen molar-refractivity contribution in [2.24, 2.45) is 5.92 Å². The quantitative estimate of drug-likeness (QED) is 0.808. The first kappa shape index (κ1) is 18.2. The number of carbonyl (C=O) groups excluding carboxylic acids is 2. The van der Waals surface area contributed by atoms with Gasteiger partial charge >= 0.3 is 12.6 Å². The number of carbonyl (C=O) groups is 2. The molecule has 0 heterocycles. The van der Waals surface area contributed by atoms with Crippen LogP contribution in [0.5, 0.6) is 5.75 Å². The Morgan fingerprint density at radius 1 is 1.17 bits per heavy atom. The molecule has 132 valence electrons. The van der Waals surface area contributed by atoms with E-state index in [-0.39, 0.29) is 29.9 Å². The Balaban J connectivity index is 1.74. The summed E-state index contributed by atoms with van der Waals surface area (Å²) in [4.78, 5) is 23.6. The highest BCUT2D eigenvalue weighted by Gasteiger charge is 2.20. The molecule has 1 N–H and O–H groups in total. The summed E-state index contributed by atoms with van der Waals surface area (Å²) in [7, 11) is 0. The van der Waals surface area contributed by atoms with Gasteiger partial charge in [0.2, 0.25) is 0 Å². The van der Waals surface area contributed by atoms with E-state index in [1.54, 1.807) is 0 Å². The second kappa shape index (κ2) is 8.61. The van der Waals surface area contributed by atoms with Crippen LogP contribution in [0.15, 0.2) is 24.3 Å². The average Bonchev–Trinajstić information content (AvgIpc) is 2.55. The van der Waals surface area contributed by atoms with Gasteiger partial charge in [-0.1, -0.05) is 6.92 Å². The second-order valence-corrected chi connectivity index (χ2v) is 6.00. The van der Waals surface area contributed by atoms with Crippen LogP contribution in [0.4, 0.5) is 8.78 Å². The normalized spacial score (nSPS) is 20.5. The highest BCUT2D eigenvalue weighted by Crippen LogP contribution is 2.23. The zero-order valence-corrected chi connectivity index (χ0v) is 13.5. The number of halogens is 2. The van der Waals surface area contributed by atoms with Crippen LogP contribution in [0.3, 0.4) is 0 Å². The molecule has 0 aromatic heterocycles. The van der Waals surface area contributed by atoms with E-state index in [1.807, 2.05) is 0 Å². The van der Waals surface area contributed by atoms with Gasteiger partial charge in [0.1, 0.15) is 5.75 Å². The fraction of sp³-hybridized carbons (Fsp3) is 0.529. The molecule has 1 saturated carbocycles. The maximum Gasteiger partial charge on any atom is 0.387 e. The third kappa shape index (κ3) is 5.79. The summed E-state index contributed by atoms with van der Waals surface area (Å²) in [6.45, 7) is -1.09. The summed E-state index contributed by atoms with van der Waals surface area (Å²) in [5.74, 6) is -0.384. The zero-order chi connectivity index (χ0) is 17.5. The SMILES string of the molecule is CC1CCC(NC(=O)COC(=O)c2ccc(OC(F)F)cc2)CC1. The van der Waals surface area contributed by atoms with E-state index in [0.29, 0.717) is 5.92 Å². The van der Waals surface area contributed by atoms with Crippen molar-refractivity contribution < 1.29 is 27.8 Å². The van der Waals surface area contributed by atoms with E-state index in [9.17, 15) is 18.4 Å². The van der Waals surface area contributed by atoms with Crippen LogP contribution in [-0.2, 0) is 9.53 Å². The lowest BCUT2D eigenvalue weighted by Gasteiger charge is -2.26. The minimum atomic E-state index is -2.92. The van der Waals surface area contributed by atoms with Crippen molar-refractivity contribution in [1.29, 1.82) is 0 Å². The first-order chi connectivity index (χ1) is 11.4. The summed E-state index contributed by atoms with van der Waals surface area (Å²) >= 11 is 0. The highest BCUT2D eigenvalue weighted by atomic mass is 19.3. The molecule has 0 bridgehead atoms. The Kier molecular flexibility index (Phi) is 6.52. The van der Waals surface area contributed by atoms with E-state index in [1.165, 1.54) is 24.3 Å². The Labute approximate surface area is 139 Å². The lowest BCUT2D eigenvalue weighted by molar-refractivity contribution is -0.125. The van der Waals surface area contributed by atoms with Gasteiger partial charge in [0.05, 0.1) is 5.56 Å². The van der Waals surface area contributed by atoms with Gasteiger partial charge in [0.15, 0.2) is 6.61 Å². The van der Waals surface area contributed by atoms with Crippen molar-refractivity contribution in [1.82, 2.24) is 5.32 Å². The molecule has 0 spiro atoms. The Bertz CT molecular complexity index is 554. The Morgan fingerprint density at radius 3 is 2.38 bits per heavy atom. The molecule has 7 heteroatoms. The van der Waals surface area contributed by atoms with Crippen molar-refractivity contribution in [2.45, 2.75) is 45.3 Å². The third-order valence-electron chi connectivity index (χ3n) is 4.03. The number of hydrogen-bond donors (Lipinski definition) is 1. The predicted octanol–water partition coefficient (Wildman–Crippen LogP) is 3.14. The lowest BCUT2D eigenvalue weighted by Crippen LogP contribution is -2.39. The topological polar surface area (TPSA) is 64.6 Å². The number of benzene rings is 1. The van der Waals surface area contributed by atoms with E-state index in [4.69, 9.17) is 4.74 Å². The second-order valence-electron chi connectivity index (χ2n) is 6.00. The maximum absolute atomic E-state index is 12.0. The predicted molar refractivity (Wildman–Crippen MR) is 82.9 cm³/mol. The van der Waals surface area contributed by atoms with Crippen molar-refractivity contribution in [3.8, 4) is 5.75 Å². The molecule has 1 aliphatic carbocycles. The number of alkyl halides is 2. The Hall–Kier alpha value is -2.18. The van der Waals surface area contributed by atoms with Crippen LogP contribution in [0.2, 0.25) is 0 Å². The lowest BCUT2D eigenvalue weighted by atomic mass is 9.87. The Morgan fingerprint density at radius 2 is 1.79 bits per heavy atom. The van der Waals surface area contributed by atoms with Crippen molar-refractivity contribution in [3.63, 3.8) is 0 Å². The molecule has 0 atom stereocenters. The van der Waals surface area contributed by atoms with Gasteiger partial charge in [-0.3, -0.25) is 4.79 Å². The molecular formula is C17H21F2NO4. The van der Waals surface area contributed by atoms with Gasteiger partial charge in [-0.15, -0.1) is 0 Å². The molecular weight excluding hydrogens is 320 g/mol. The third-order valence-corrected chi connectivity index (χ3v) is 4.03. The largest absolute Gasteiger partial charge is 0.452 e. The number of amides is 1. The summed E-state index contributed by atoms with van der Waals surface area (Å²) in [6, 6.07) is 5.23. The van der Waals surface area contributed by atoms with Crippen molar-refractivity contribution >= 4 is 11.9 Å². The molecule has 1 amide bonds. The molecule has 1 aromatic rings. The smallest absolute Gasteiger partial charge is 0.387 e. The molecule has 0 unspecified atom stereocenters. The van der Waals surface area contributed by atoms with Crippen LogP contribution >= 0.6 is 0 Å². The minimum Gasteiger partial charge on any atom is -0.452 e. The summed E-state index contributed by atoms with van der Waals surface area (Å²) in [6.07, 6.45) is 4.04. The zero-order valence-electron chi connectivity index (χ0n) is 13.5. The number of esters is 1. The van der Waals surface area contributed by atoms with Crippen LogP contribution in [0.1, 0.15) is 43.0 Å². The van der Waals surface area contributed by atoms with Gasteiger partial charge in [0.25, 0.3) is 5.91 Å². The molecule has 5 nitrogen and oxygen atoms in total. The van der Waals surface area contributed by atoms with Gasteiger partial charge < -0.3 is 14.8 Å². The van der Waals surface area contributed by atoms with Crippen molar-refractivity contribution in [2.75, 3.05) is 6.61 Å². The number of hydrogen-bond acceptors (Lipinski definition) is 4. The molecule has 0 saturated heterocycles. The van der Waals surface area contributed by atoms with Crippen LogP contribution in [0.25, 0.3) is 0 Å². The van der Waals surface area contributed by atoms with E-state index < -0.39 is 12.6 Å². The average molecular weight is 341 g/mol. The minimum absolute atomic E-state index is 0.0502. The van der Waals surface area contributed by atoms with Gasteiger partial charge in [-0.05, 0) is 55.9 Å². The fourth-order valence-electron chi connectivity index (χ4n) is 2.66. The van der Waals surface area contributed by atoms with Crippen LogP contribution < -0.4 is 10.1 Å². The van der Waals surface area contributed by atoms with Gasteiger partial charge in [-0.25, -0.2) is 4.79 Å². The summed E-state index contributed by atoms with van der Waals surface area (Å²) in [5.41, 5.74) is 0.163. The molecule has 0 radical (unpaired) electrons. The summed E-state index contributed by atoms with van der Waals surface area (Å²) in [5, 5.41) is 2.86. The first-order valence-corrected chi connectivity index (χ1v) is 7.95. The highest BCUT2D eigenvalue weighted by molar-refractivity contribution is 5.91. The molecule has 24 heavy (non-hydrogen) atoms. The van der Waals surface area contributed by atoms with Crippen LogP contribution in [-0.4, -0.2) is 31.1 Å². The van der Waals surface area contributed by atoms with E-state index >= 15 is 0 Å². The fourth-order valence-corrected chi connectivity index (χ4v) is 2.66. The van der Waals surface area contributed by atoms with Gasteiger partial charge in [-0.2, -0.15) is 8.78 Å². The molecule has 1 aromatic carbocycles. The molecule has 1 aliphatic rings. The van der Waals surface area contributed by atoms with E-state index in [2.05, 4.69) is 17.0 Å². The van der Waals surface area contributed by atoms with E-state index in [0.717, 1.165) is 25.7 Å². The molecule has 2 rings (SSSR count). The molecule has 1 fully saturated rings. The monoisotopic (exact) mass is 341 g/mol. The number of nitrogens with one attached hydrogen (secondary N) is 1. The first-order valence-electron chi connectivity index (χ1n) is 7.95. The number of ether oxygens (including phenoxy) is 2. The van der Waals surface area contributed by atoms with Crippen LogP contribution in [0, 0.1) is 5.92 Å². The molecule has 0 aliphatic heterocycles. The summed E-state index contributed by atoms with van der Waals surface area (Å²) < 4.78 is 33.2. The number of rotatable bonds is 6. The standard InChI is InChI=1S/C17H21F2NO4/c1-11-2-6-13(7-3-11)20-15(21)10-23-16(22)12-4-8-14(9-5-12)24-17(18)19/h4-5,8-9,11,13,17H,2-3,6-7,10H2,1H3,(H,20,21). The van der Waals surface area contributed by atoms with Crippen molar-refractivity contribution in [3.05, 3.63) is 29.8 Å². The maximum atomic E-state index is 12.0. The van der Waals surface area contributed by atoms with Gasteiger partial charge in [0, 0.05) is 6.04 Å².